The van der Waals surface area contributed by atoms with Crippen molar-refractivity contribution in [2.75, 3.05) is 18.5 Å². The van der Waals surface area contributed by atoms with Gasteiger partial charge in [-0.1, -0.05) is 15.9 Å². The fourth-order valence-corrected chi connectivity index (χ4v) is 2.94. The van der Waals surface area contributed by atoms with Gasteiger partial charge in [-0.2, -0.15) is 5.10 Å². The van der Waals surface area contributed by atoms with Crippen LogP contribution in [0.3, 0.4) is 0 Å². The lowest BCUT2D eigenvalue weighted by Crippen LogP contribution is -2.27. The Hall–Kier alpha value is -1.86. The van der Waals surface area contributed by atoms with Crippen molar-refractivity contribution in [2.45, 2.75) is 19.6 Å². The van der Waals surface area contributed by atoms with Crippen LogP contribution in [0.2, 0.25) is 0 Å². The molecule has 1 heterocycles. The van der Waals surface area contributed by atoms with Gasteiger partial charge in [-0.05, 0) is 62.9 Å². The molecule has 141 valence electrons. The molecule has 3 rings (SSSR count). The van der Waals surface area contributed by atoms with Gasteiger partial charge in [0, 0.05) is 22.6 Å². The molecule has 2 aromatic rings. The summed E-state index contributed by atoms with van der Waals surface area (Å²) in [6.07, 6.45) is 6.94. The number of nitrogens with zero attached hydrogens (tertiary/aromatic N) is 2. The van der Waals surface area contributed by atoms with Crippen LogP contribution in [0, 0.1) is 31.6 Å². The van der Waals surface area contributed by atoms with E-state index in [1.54, 1.807) is 13.0 Å². The molecule has 1 saturated carbocycles. The molecule has 0 saturated heterocycles. The topological polar surface area (TPSA) is 76.4 Å². The van der Waals surface area contributed by atoms with Crippen molar-refractivity contribution in [3.63, 3.8) is 0 Å². The van der Waals surface area contributed by atoms with Gasteiger partial charge in [-0.15, -0.1) is 0 Å². The van der Waals surface area contributed by atoms with Gasteiger partial charge in [0.2, 0.25) is 0 Å². The van der Waals surface area contributed by atoms with Gasteiger partial charge in [-0.3, -0.25) is 4.68 Å². The molecule has 0 aliphatic heterocycles. The van der Waals surface area contributed by atoms with Gasteiger partial charge in [0.25, 0.3) is 0 Å². The Kier molecular flexibility index (Phi) is 6.90. The van der Waals surface area contributed by atoms with Crippen LogP contribution in [-0.4, -0.2) is 40.1 Å². The number of aliphatic hydroxyl groups is 1. The lowest BCUT2D eigenvalue weighted by Gasteiger charge is -2.14. The summed E-state index contributed by atoms with van der Waals surface area (Å²) in [5.41, 5.74) is 1.91. The molecule has 0 bridgehead atoms. The number of carbonyl (C=O) groups excluding carboxylic acids is 1. The number of benzene rings is 1. The van der Waals surface area contributed by atoms with E-state index < -0.39 is 12.1 Å². The van der Waals surface area contributed by atoms with Crippen molar-refractivity contribution in [1.29, 1.82) is 0 Å². The van der Waals surface area contributed by atoms with Gasteiger partial charge in [-0.25, -0.2) is 4.79 Å². The number of ether oxygens (including phenoxy) is 1. The summed E-state index contributed by atoms with van der Waals surface area (Å²) >= 11 is 3.39. The van der Waals surface area contributed by atoms with E-state index in [2.05, 4.69) is 26.3 Å². The Morgan fingerprint density at radius 2 is 2.00 bits per heavy atom. The second kappa shape index (κ2) is 9.37. The maximum absolute atomic E-state index is 12.3. The number of hydrogen-bond acceptors (Lipinski definition) is 5. The van der Waals surface area contributed by atoms with E-state index in [4.69, 9.17) is 4.74 Å². The SMILES string of the molecule is CCOC(=O)c1cc([C]2[CH][CH][CH][CH]2)nn1C[C@@H](O)CNc1ccc(Br)cc1. The monoisotopic (exact) mass is 430 g/mol. The van der Waals surface area contributed by atoms with E-state index in [1.807, 2.05) is 49.9 Å². The maximum atomic E-state index is 12.3. The highest BCUT2D eigenvalue weighted by molar-refractivity contribution is 9.10. The number of carbonyl (C=O) groups is 1. The predicted molar refractivity (Wildman–Crippen MR) is 106 cm³/mol. The number of esters is 1. The number of anilines is 1. The molecule has 5 radical (unpaired) electrons. The first-order valence-electron chi connectivity index (χ1n) is 8.71. The van der Waals surface area contributed by atoms with Crippen LogP contribution in [0.4, 0.5) is 5.69 Å². The average molecular weight is 431 g/mol. The minimum absolute atomic E-state index is 0.179. The fourth-order valence-electron chi connectivity index (χ4n) is 2.68. The Morgan fingerprint density at radius 1 is 1.30 bits per heavy atom. The third kappa shape index (κ3) is 5.32. The molecule has 0 spiro atoms. The Morgan fingerprint density at radius 3 is 2.67 bits per heavy atom. The third-order valence-corrected chi connectivity index (χ3v) is 4.52. The van der Waals surface area contributed by atoms with E-state index in [1.165, 1.54) is 4.68 Å². The minimum Gasteiger partial charge on any atom is -0.461 e. The molecule has 1 aliphatic carbocycles. The second-order valence-corrected chi connectivity index (χ2v) is 6.95. The molecule has 7 heteroatoms. The average Bonchev–Trinajstić information content (AvgIpc) is 3.31. The fraction of sp³-hybridized carbons (Fsp3) is 0.250. The number of hydrogen-bond donors (Lipinski definition) is 2. The number of nitrogens with one attached hydrogen (secondary N) is 1. The standard InChI is InChI=1S/C20H21BrN3O3/c1-2-27-20(26)19-11-18(14-5-3-4-6-14)23-24(19)13-17(25)12-22-16-9-7-15(21)8-10-16/h3-11,17,22,25H,2,12-13H2,1H3/t17-/m0/s1. The molecular weight excluding hydrogens is 410 g/mol. The lowest BCUT2D eigenvalue weighted by atomic mass is 10.0. The van der Waals surface area contributed by atoms with Crippen molar-refractivity contribution in [1.82, 2.24) is 9.78 Å². The Balaban J connectivity index is 1.67. The quantitative estimate of drug-likeness (QED) is 0.629. The summed E-state index contributed by atoms with van der Waals surface area (Å²) in [6.45, 7) is 2.55. The summed E-state index contributed by atoms with van der Waals surface area (Å²) in [5.74, 6) is 0.470. The third-order valence-electron chi connectivity index (χ3n) is 3.99. The highest BCUT2D eigenvalue weighted by Crippen LogP contribution is 2.29. The zero-order valence-corrected chi connectivity index (χ0v) is 16.5. The molecule has 2 N–H and O–H groups in total. The Labute approximate surface area is 168 Å². The molecule has 27 heavy (non-hydrogen) atoms. The normalized spacial score (nSPS) is 15.7. The maximum Gasteiger partial charge on any atom is 0.356 e. The van der Waals surface area contributed by atoms with E-state index in [0.717, 1.165) is 16.1 Å². The van der Waals surface area contributed by atoms with Crippen molar-refractivity contribution in [3.8, 4) is 0 Å². The van der Waals surface area contributed by atoms with Crippen LogP contribution in [0.1, 0.15) is 23.1 Å². The summed E-state index contributed by atoms with van der Waals surface area (Å²) < 4.78 is 7.62. The lowest BCUT2D eigenvalue weighted by molar-refractivity contribution is 0.0507. The molecule has 1 aromatic carbocycles. The van der Waals surface area contributed by atoms with E-state index >= 15 is 0 Å². The zero-order chi connectivity index (χ0) is 19.2. The first-order chi connectivity index (χ1) is 13.1. The van der Waals surface area contributed by atoms with Crippen LogP contribution in [0.15, 0.2) is 34.8 Å². The molecule has 1 atom stereocenters. The van der Waals surface area contributed by atoms with Gasteiger partial charge in [0.15, 0.2) is 0 Å². The van der Waals surface area contributed by atoms with Crippen LogP contribution in [-0.2, 0) is 11.3 Å². The van der Waals surface area contributed by atoms with E-state index in [-0.39, 0.29) is 13.2 Å². The van der Waals surface area contributed by atoms with Gasteiger partial charge in [0.05, 0.1) is 24.9 Å². The van der Waals surface area contributed by atoms with E-state index in [9.17, 15) is 9.90 Å². The molecule has 0 unspecified atom stereocenters. The summed E-state index contributed by atoms with van der Waals surface area (Å²) in [6, 6.07) is 9.38. The molecule has 1 fully saturated rings. The zero-order valence-electron chi connectivity index (χ0n) is 14.9. The van der Waals surface area contributed by atoms with Crippen molar-refractivity contribution in [3.05, 3.63) is 77.8 Å². The number of aliphatic hydroxyl groups excluding tert-OH is 1. The summed E-state index contributed by atoms with van der Waals surface area (Å²) in [4.78, 5) is 12.3. The second-order valence-electron chi connectivity index (χ2n) is 6.03. The molecule has 1 aliphatic rings. The van der Waals surface area contributed by atoms with Crippen LogP contribution in [0.25, 0.3) is 0 Å². The molecule has 0 amide bonds. The largest absolute Gasteiger partial charge is 0.461 e. The first-order valence-corrected chi connectivity index (χ1v) is 9.50. The molecule has 1 aromatic heterocycles. The number of rotatable bonds is 8. The smallest absolute Gasteiger partial charge is 0.356 e. The van der Waals surface area contributed by atoms with Crippen LogP contribution >= 0.6 is 15.9 Å². The molecular formula is C20H21BrN3O3. The number of halogens is 1. The van der Waals surface area contributed by atoms with E-state index in [0.29, 0.717) is 17.9 Å². The Bertz CT molecular complexity index is 754. The molecule has 6 nitrogen and oxygen atoms in total. The van der Waals surface area contributed by atoms with Crippen LogP contribution in [0.5, 0.6) is 0 Å². The predicted octanol–water partition coefficient (Wildman–Crippen LogP) is 3.05. The summed E-state index contributed by atoms with van der Waals surface area (Å²) in [7, 11) is 0. The van der Waals surface area contributed by atoms with Gasteiger partial charge < -0.3 is 15.2 Å². The van der Waals surface area contributed by atoms with Crippen molar-refractivity contribution < 1.29 is 14.6 Å². The summed E-state index contributed by atoms with van der Waals surface area (Å²) in [5, 5.41) is 18.1. The first kappa shape index (κ1) is 19.9. The van der Waals surface area contributed by atoms with Gasteiger partial charge >= 0.3 is 5.97 Å². The van der Waals surface area contributed by atoms with Crippen molar-refractivity contribution in [2.24, 2.45) is 0 Å². The van der Waals surface area contributed by atoms with Crippen LogP contribution < -0.4 is 5.32 Å². The highest BCUT2D eigenvalue weighted by atomic mass is 79.9. The minimum atomic E-state index is -0.728. The van der Waals surface area contributed by atoms with Crippen molar-refractivity contribution >= 4 is 27.6 Å². The van der Waals surface area contributed by atoms with Gasteiger partial charge in [0.1, 0.15) is 5.69 Å². The number of aromatic nitrogens is 2. The highest BCUT2D eigenvalue weighted by Gasteiger charge is 2.26.